The predicted octanol–water partition coefficient (Wildman–Crippen LogP) is 2.39. The number of rotatable bonds is 3. The zero-order valence-corrected chi connectivity index (χ0v) is 10.9. The second-order valence-corrected chi connectivity index (χ2v) is 4.91. The van der Waals surface area contributed by atoms with Crippen molar-refractivity contribution in [2.24, 2.45) is 0 Å². The van der Waals surface area contributed by atoms with E-state index in [0.29, 0.717) is 0 Å². The molecule has 0 amide bonds. The van der Waals surface area contributed by atoms with E-state index in [-0.39, 0.29) is 0 Å². The van der Waals surface area contributed by atoms with Crippen molar-refractivity contribution in [3.8, 4) is 0 Å². The van der Waals surface area contributed by atoms with Crippen LogP contribution in [0.3, 0.4) is 0 Å². The minimum Gasteiger partial charge on any atom is -0.369 e. The van der Waals surface area contributed by atoms with Crippen molar-refractivity contribution in [2.45, 2.75) is 0 Å². The van der Waals surface area contributed by atoms with Crippen molar-refractivity contribution in [1.29, 1.82) is 0 Å². The fraction of sp³-hybridized carbons (Fsp3) is 0.500. The van der Waals surface area contributed by atoms with Gasteiger partial charge in [0.25, 0.3) is 0 Å². The van der Waals surface area contributed by atoms with Gasteiger partial charge in [-0.3, -0.25) is 4.90 Å². The SMILES string of the molecule is SCCN1CCN(c2ccc(Cl)cc2)CC1. The molecule has 0 spiro atoms. The minimum atomic E-state index is 0.803. The first-order valence-corrected chi connectivity index (χ1v) is 6.64. The first-order chi connectivity index (χ1) is 7.79. The third-order valence-corrected chi connectivity index (χ3v) is 3.43. The molecule has 1 aliphatic heterocycles. The Labute approximate surface area is 108 Å². The molecule has 1 aromatic rings. The number of anilines is 1. The van der Waals surface area contributed by atoms with Gasteiger partial charge in [0, 0.05) is 49.2 Å². The minimum absolute atomic E-state index is 0.803. The number of benzene rings is 1. The number of nitrogens with zero attached hydrogens (tertiary/aromatic N) is 2. The van der Waals surface area contributed by atoms with Gasteiger partial charge in [0.2, 0.25) is 0 Å². The summed E-state index contributed by atoms with van der Waals surface area (Å²) in [5.41, 5.74) is 1.27. The molecule has 1 aliphatic rings. The van der Waals surface area contributed by atoms with E-state index in [4.69, 9.17) is 11.6 Å². The largest absolute Gasteiger partial charge is 0.369 e. The molecule has 0 bridgehead atoms. The van der Waals surface area contributed by atoms with Crippen LogP contribution in [0.25, 0.3) is 0 Å². The molecule has 1 fully saturated rings. The molecule has 1 saturated heterocycles. The molecule has 2 rings (SSSR count). The average Bonchev–Trinajstić information content (AvgIpc) is 2.32. The highest BCUT2D eigenvalue weighted by molar-refractivity contribution is 7.80. The third-order valence-electron chi connectivity index (χ3n) is 2.98. The first kappa shape index (κ1) is 12.1. The highest BCUT2D eigenvalue weighted by atomic mass is 35.5. The second kappa shape index (κ2) is 5.80. The summed E-state index contributed by atoms with van der Waals surface area (Å²) in [6.45, 7) is 5.54. The van der Waals surface area contributed by atoms with Crippen LogP contribution in [0.15, 0.2) is 24.3 Å². The van der Waals surface area contributed by atoms with E-state index in [1.54, 1.807) is 0 Å². The zero-order chi connectivity index (χ0) is 11.4. The van der Waals surface area contributed by atoms with Gasteiger partial charge in [-0.25, -0.2) is 0 Å². The number of hydrogen-bond donors (Lipinski definition) is 1. The van der Waals surface area contributed by atoms with Crippen molar-refractivity contribution in [2.75, 3.05) is 43.4 Å². The summed E-state index contributed by atoms with van der Waals surface area (Å²) in [7, 11) is 0. The van der Waals surface area contributed by atoms with Crippen molar-refractivity contribution < 1.29 is 0 Å². The predicted molar refractivity (Wildman–Crippen MR) is 74.0 cm³/mol. The van der Waals surface area contributed by atoms with E-state index in [2.05, 4.69) is 34.6 Å². The van der Waals surface area contributed by atoms with Gasteiger partial charge >= 0.3 is 0 Å². The van der Waals surface area contributed by atoms with E-state index in [1.165, 1.54) is 5.69 Å². The normalized spacial score (nSPS) is 17.8. The summed E-state index contributed by atoms with van der Waals surface area (Å²) >= 11 is 10.1. The molecule has 0 atom stereocenters. The smallest absolute Gasteiger partial charge is 0.0407 e. The molecule has 88 valence electrons. The molecule has 0 N–H and O–H groups in total. The third kappa shape index (κ3) is 3.06. The Bertz CT molecular complexity index is 320. The van der Waals surface area contributed by atoms with E-state index >= 15 is 0 Å². The number of thiol groups is 1. The van der Waals surface area contributed by atoms with Crippen LogP contribution in [0.4, 0.5) is 5.69 Å². The Morgan fingerprint density at radius 2 is 1.69 bits per heavy atom. The molecule has 1 heterocycles. The maximum absolute atomic E-state index is 5.88. The molecule has 2 nitrogen and oxygen atoms in total. The Morgan fingerprint density at radius 3 is 2.25 bits per heavy atom. The molecule has 16 heavy (non-hydrogen) atoms. The number of hydrogen-bond acceptors (Lipinski definition) is 3. The number of piperazine rings is 1. The highest BCUT2D eigenvalue weighted by Crippen LogP contribution is 2.19. The van der Waals surface area contributed by atoms with Gasteiger partial charge in [-0.2, -0.15) is 12.6 Å². The van der Waals surface area contributed by atoms with Crippen LogP contribution >= 0.6 is 24.2 Å². The molecule has 0 aliphatic carbocycles. The Hall–Kier alpha value is -0.380. The summed E-state index contributed by atoms with van der Waals surface area (Å²) in [6, 6.07) is 8.10. The Kier molecular flexibility index (Phi) is 4.38. The molecule has 4 heteroatoms. The van der Waals surface area contributed by atoms with E-state index in [9.17, 15) is 0 Å². The second-order valence-electron chi connectivity index (χ2n) is 4.03. The van der Waals surface area contributed by atoms with Crippen molar-refractivity contribution in [1.82, 2.24) is 4.90 Å². The lowest BCUT2D eigenvalue weighted by Crippen LogP contribution is -2.46. The van der Waals surface area contributed by atoms with Crippen LogP contribution in [0, 0.1) is 0 Å². The van der Waals surface area contributed by atoms with Gasteiger partial charge in [0.05, 0.1) is 0 Å². The van der Waals surface area contributed by atoms with Crippen LogP contribution in [0.5, 0.6) is 0 Å². The zero-order valence-electron chi connectivity index (χ0n) is 9.27. The van der Waals surface area contributed by atoms with Crippen LogP contribution in [0.1, 0.15) is 0 Å². The standard InChI is InChI=1S/C12H17ClN2S/c13-11-1-3-12(4-2-11)15-7-5-14(6-8-15)9-10-16/h1-4,16H,5-10H2. The van der Waals surface area contributed by atoms with Gasteiger partial charge in [-0.05, 0) is 24.3 Å². The quantitative estimate of drug-likeness (QED) is 0.830. The van der Waals surface area contributed by atoms with Gasteiger partial charge in [-0.15, -0.1) is 0 Å². The van der Waals surface area contributed by atoms with E-state index in [0.717, 1.165) is 43.5 Å². The average molecular weight is 257 g/mol. The molecule has 0 saturated carbocycles. The topological polar surface area (TPSA) is 6.48 Å². The lowest BCUT2D eigenvalue weighted by Gasteiger charge is -2.35. The van der Waals surface area contributed by atoms with Crippen LogP contribution < -0.4 is 4.90 Å². The first-order valence-electron chi connectivity index (χ1n) is 5.63. The summed E-state index contributed by atoms with van der Waals surface area (Å²) in [5, 5.41) is 0.803. The number of halogens is 1. The fourth-order valence-corrected chi connectivity index (χ4v) is 2.43. The Balaban J connectivity index is 1.91. The van der Waals surface area contributed by atoms with Crippen LogP contribution in [-0.4, -0.2) is 43.4 Å². The lowest BCUT2D eigenvalue weighted by atomic mass is 10.2. The van der Waals surface area contributed by atoms with Gasteiger partial charge in [-0.1, -0.05) is 11.6 Å². The van der Waals surface area contributed by atoms with E-state index in [1.807, 2.05) is 12.1 Å². The Morgan fingerprint density at radius 1 is 1.06 bits per heavy atom. The molecule has 1 aromatic carbocycles. The maximum atomic E-state index is 5.88. The summed E-state index contributed by atoms with van der Waals surface area (Å²) < 4.78 is 0. The van der Waals surface area contributed by atoms with Crippen molar-refractivity contribution >= 4 is 29.9 Å². The van der Waals surface area contributed by atoms with Gasteiger partial charge in [0.1, 0.15) is 0 Å². The van der Waals surface area contributed by atoms with Gasteiger partial charge < -0.3 is 4.90 Å². The summed E-state index contributed by atoms with van der Waals surface area (Å²) in [4.78, 5) is 4.87. The monoisotopic (exact) mass is 256 g/mol. The van der Waals surface area contributed by atoms with Crippen LogP contribution in [0.2, 0.25) is 5.02 Å². The van der Waals surface area contributed by atoms with Crippen molar-refractivity contribution in [3.63, 3.8) is 0 Å². The van der Waals surface area contributed by atoms with E-state index < -0.39 is 0 Å². The molecule has 0 radical (unpaired) electrons. The molecular formula is C12H17ClN2S. The maximum Gasteiger partial charge on any atom is 0.0407 e. The van der Waals surface area contributed by atoms with Crippen molar-refractivity contribution in [3.05, 3.63) is 29.3 Å². The highest BCUT2D eigenvalue weighted by Gasteiger charge is 2.15. The fourth-order valence-electron chi connectivity index (χ4n) is 2.02. The summed E-state index contributed by atoms with van der Waals surface area (Å²) in [6.07, 6.45) is 0. The van der Waals surface area contributed by atoms with Gasteiger partial charge in [0.15, 0.2) is 0 Å². The summed E-state index contributed by atoms with van der Waals surface area (Å²) in [5.74, 6) is 0.945. The van der Waals surface area contributed by atoms with Crippen LogP contribution in [-0.2, 0) is 0 Å². The molecule has 0 aromatic heterocycles. The molecular weight excluding hydrogens is 240 g/mol. The molecule has 0 unspecified atom stereocenters. The lowest BCUT2D eigenvalue weighted by molar-refractivity contribution is 0.273.